The van der Waals surface area contributed by atoms with E-state index >= 15 is 0 Å². The van der Waals surface area contributed by atoms with E-state index in [0.29, 0.717) is 21.2 Å². The van der Waals surface area contributed by atoms with Gasteiger partial charge in [0.15, 0.2) is 0 Å². The van der Waals surface area contributed by atoms with E-state index in [1.807, 2.05) is 12.1 Å². The summed E-state index contributed by atoms with van der Waals surface area (Å²) in [6, 6.07) is 6.95. The van der Waals surface area contributed by atoms with Gasteiger partial charge in [-0.25, -0.2) is 0 Å². The number of nitriles is 2. The number of halogens is 2. The van der Waals surface area contributed by atoms with Crippen molar-refractivity contribution >= 4 is 23.2 Å². The van der Waals surface area contributed by atoms with Crippen molar-refractivity contribution in [3.05, 3.63) is 33.3 Å². The lowest BCUT2D eigenvalue weighted by atomic mass is 10.1. The molecule has 0 N–H and O–H groups in total. The summed E-state index contributed by atoms with van der Waals surface area (Å²) in [5, 5.41) is 17.9. The van der Waals surface area contributed by atoms with Crippen LogP contribution in [0.4, 0.5) is 0 Å². The maximum atomic E-state index is 8.73. The smallest absolute Gasteiger partial charge is 0.101 e. The summed E-state index contributed by atoms with van der Waals surface area (Å²) in [6.45, 7) is 0. The Morgan fingerprint density at radius 3 is 2.46 bits per heavy atom. The van der Waals surface area contributed by atoms with Crippen LogP contribution in [0.5, 0.6) is 0 Å². The second-order valence-electron chi connectivity index (χ2n) is 2.37. The SMILES string of the molecule is N#CCc1cc(Cl)cc(Cl)c1C#N. The lowest BCUT2D eigenvalue weighted by molar-refractivity contribution is 1.24. The Morgan fingerprint density at radius 2 is 1.92 bits per heavy atom. The summed E-state index contributed by atoms with van der Waals surface area (Å²) in [4.78, 5) is 0. The minimum absolute atomic E-state index is 0.142. The van der Waals surface area contributed by atoms with Crippen LogP contribution in [0.2, 0.25) is 10.0 Å². The van der Waals surface area contributed by atoms with Crippen molar-refractivity contribution in [2.75, 3.05) is 0 Å². The van der Waals surface area contributed by atoms with Gasteiger partial charge in [-0.3, -0.25) is 0 Å². The molecular weight excluding hydrogens is 207 g/mol. The fraction of sp³-hybridized carbons (Fsp3) is 0.111. The van der Waals surface area contributed by atoms with Gasteiger partial charge in [0.2, 0.25) is 0 Å². The Balaban J connectivity index is 3.33. The first-order valence-electron chi connectivity index (χ1n) is 3.44. The predicted molar refractivity (Wildman–Crippen MR) is 50.5 cm³/mol. The molecule has 0 aliphatic carbocycles. The molecule has 0 aliphatic heterocycles. The largest absolute Gasteiger partial charge is 0.198 e. The first-order chi connectivity index (χ1) is 6.19. The van der Waals surface area contributed by atoms with Crippen molar-refractivity contribution in [3.8, 4) is 12.1 Å². The molecule has 0 aliphatic rings. The van der Waals surface area contributed by atoms with Crippen molar-refractivity contribution in [2.24, 2.45) is 0 Å². The average Bonchev–Trinajstić information content (AvgIpc) is 2.04. The van der Waals surface area contributed by atoms with Crippen LogP contribution in [0.1, 0.15) is 11.1 Å². The molecule has 13 heavy (non-hydrogen) atoms. The van der Waals surface area contributed by atoms with Gasteiger partial charge in [-0.2, -0.15) is 10.5 Å². The van der Waals surface area contributed by atoms with E-state index in [1.165, 1.54) is 6.07 Å². The Bertz CT molecular complexity index is 413. The standard InChI is InChI=1S/C9H4Cl2N2/c10-7-3-6(1-2-12)8(5-13)9(11)4-7/h3-4H,1H2. The molecule has 4 heteroatoms. The monoisotopic (exact) mass is 210 g/mol. The molecule has 64 valence electrons. The third-order valence-electron chi connectivity index (χ3n) is 1.52. The van der Waals surface area contributed by atoms with Crippen molar-refractivity contribution in [1.29, 1.82) is 10.5 Å². The summed E-state index contributed by atoms with van der Waals surface area (Å²) >= 11 is 11.5. The van der Waals surface area contributed by atoms with Crippen molar-refractivity contribution in [3.63, 3.8) is 0 Å². The fourth-order valence-electron chi connectivity index (χ4n) is 0.977. The lowest BCUT2D eigenvalue weighted by Crippen LogP contribution is -1.89. The molecule has 0 aromatic heterocycles. The molecule has 0 spiro atoms. The molecular formula is C9H4Cl2N2. The van der Waals surface area contributed by atoms with Crippen LogP contribution in [-0.4, -0.2) is 0 Å². The number of nitrogens with zero attached hydrogens (tertiary/aromatic N) is 2. The van der Waals surface area contributed by atoms with E-state index in [0.717, 1.165) is 0 Å². The van der Waals surface area contributed by atoms with E-state index < -0.39 is 0 Å². The molecule has 0 bridgehead atoms. The van der Waals surface area contributed by atoms with Gasteiger partial charge in [0.1, 0.15) is 6.07 Å². The van der Waals surface area contributed by atoms with E-state index in [1.54, 1.807) is 6.07 Å². The zero-order valence-corrected chi connectivity index (χ0v) is 8.02. The van der Waals surface area contributed by atoms with Gasteiger partial charge in [0.05, 0.1) is 23.1 Å². The molecule has 1 aromatic rings. The van der Waals surface area contributed by atoms with Crippen LogP contribution in [0.25, 0.3) is 0 Å². The van der Waals surface area contributed by atoms with Crippen molar-refractivity contribution in [2.45, 2.75) is 6.42 Å². The minimum atomic E-state index is 0.142. The lowest BCUT2D eigenvalue weighted by Gasteiger charge is -2.01. The number of hydrogen-bond donors (Lipinski definition) is 0. The van der Waals surface area contributed by atoms with Gasteiger partial charge in [0, 0.05) is 5.02 Å². The second kappa shape index (κ2) is 4.14. The van der Waals surface area contributed by atoms with E-state index in [9.17, 15) is 0 Å². The quantitative estimate of drug-likeness (QED) is 0.716. The Labute approximate surface area is 85.9 Å². The Kier molecular flexibility index (Phi) is 3.14. The molecule has 0 saturated carbocycles. The van der Waals surface area contributed by atoms with Crippen LogP contribution < -0.4 is 0 Å². The van der Waals surface area contributed by atoms with E-state index in [-0.39, 0.29) is 6.42 Å². The normalized spacial score (nSPS) is 8.92. The molecule has 2 nitrogen and oxygen atoms in total. The summed E-state index contributed by atoms with van der Waals surface area (Å²) < 4.78 is 0. The van der Waals surface area contributed by atoms with Gasteiger partial charge in [-0.15, -0.1) is 0 Å². The molecule has 0 radical (unpaired) electrons. The maximum Gasteiger partial charge on any atom is 0.101 e. The number of rotatable bonds is 1. The fourth-order valence-corrected chi connectivity index (χ4v) is 1.55. The molecule has 0 saturated heterocycles. The molecule has 0 amide bonds. The zero-order valence-electron chi connectivity index (χ0n) is 6.51. The maximum absolute atomic E-state index is 8.73. The first kappa shape index (κ1) is 9.86. The molecule has 0 heterocycles. The predicted octanol–water partition coefficient (Wildman–Crippen LogP) is 2.93. The topological polar surface area (TPSA) is 47.6 Å². The number of hydrogen-bond acceptors (Lipinski definition) is 2. The van der Waals surface area contributed by atoms with Crippen molar-refractivity contribution in [1.82, 2.24) is 0 Å². The Hall–Kier alpha value is -1.22. The summed E-state index contributed by atoms with van der Waals surface area (Å²) in [5.41, 5.74) is 0.898. The summed E-state index contributed by atoms with van der Waals surface area (Å²) in [6.07, 6.45) is 0.142. The van der Waals surface area contributed by atoms with Crippen LogP contribution in [-0.2, 0) is 6.42 Å². The third kappa shape index (κ3) is 2.12. The second-order valence-corrected chi connectivity index (χ2v) is 3.21. The van der Waals surface area contributed by atoms with Gasteiger partial charge in [-0.05, 0) is 17.7 Å². The van der Waals surface area contributed by atoms with Gasteiger partial charge in [0.25, 0.3) is 0 Å². The van der Waals surface area contributed by atoms with Crippen molar-refractivity contribution < 1.29 is 0 Å². The molecule has 1 aromatic carbocycles. The van der Waals surface area contributed by atoms with Crippen LogP contribution in [0, 0.1) is 22.7 Å². The first-order valence-corrected chi connectivity index (χ1v) is 4.19. The highest BCUT2D eigenvalue weighted by molar-refractivity contribution is 6.35. The highest BCUT2D eigenvalue weighted by atomic mass is 35.5. The van der Waals surface area contributed by atoms with Gasteiger partial charge in [-0.1, -0.05) is 23.2 Å². The van der Waals surface area contributed by atoms with Crippen LogP contribution >= 0.6 is 23.2 Å². The van der Waals surface area contributed by atoms with Gasteiger partial charge < -0.3 is 0 Å². The summed E-state index contributed by atoms with van der Waals surface area (Å²) in [7, 11) is 0. The third-order valence-corrected chi connectivity index (χ3v) is 2.03. The highest BCUT2D eigenvalue weighted by Gasteiger charge is 2.07. The van der Waals surface area contributed by atoms with Gasteiger partial charge >= 0.3 is 0 Å². The molecule has 0 unspecified atom stereocenters. The van der Waals surface area contributed by atoms with E-state index in [2.05, 4.69) is 0 Å². The zero-order chi connectivity index (χ0) is 9.84. The van der Waals surface area contributed by atoms with E-state index in [4.69, 9.17) is 33.7 Å². The molecule has 0 atom stereocenters. The number of benzene rings is 1. The highest BCUT2D eigenvalue weighted by Crippen LogP contribution is 2.24. The average molecular weight is 211 g/mol. The minimum Gasteiger partial charge on any atom is -0.198 e. The summed E-state index contributed by atoms with van der Waals surface area (Å²) in [5.74, 6) is 0. The Morgan fingerprint density at radius 1 is 1.23 bits per heavy atom. The van der Waals surface area contributed by atoms with Crippen LogP contribution in [0.3, 0.4) is 0 Å². The molecule has 1 rings (SSSR count). The van der Waals surface area contributed by atoms with Crippen LogP contribution in [0.15, 0.2) is 12.1 Å². The molecule has 0 fully saturated rings.